The second-order valence-electron chi connectivity index (χ2n) is 7.46. The molecule has 0 aliphatic heterocycles. The Morgan fingerprint density at radius 1 is 1.11 bits per heavy atom. The zero-order chi connectivity index (χ0) is 20.5. The van der Waals surface area contributed by atoms with Crippen LogP contribution < -0.4 is 5.32 Å². The summed E-state index contributed by atoms with van der Waals surface area (Å²) < 4.78 is 26.4. The average Bonchev–Trinajstić information content (AvgIpc) is 2.97. The average molecular weight is 422 g/mol. The molecule has 1 heterocycles. The van der Waals surface area contributed by atoms with Crippen molar-refractivity contribution in [3.8, 4) is 0 Å². The van der Waals surface area contributed by atoms with Gasteiger partial charge in [-0.05, 0) is 62.8 Å². The van der Waals surface area contributed by atoms with Gasteiger partial charge in [0.15, 0.2) is 5.13 Å². The molecule has 0 unspecified atom stereocenters. The second kappa shape index (κ2) is 8.31. The number of aryl methyl sites for hydroxylation is 3. The Balaban J connectivity index is 1.89. The maximum atomic E-state index is 12.8. The van der Waals surface area contributed by atoms with Crippen LogP contribution in [-0.2, 0) is 22.9 Å². The maximum absolute atomic E-state index is 12.8. The summed E-state index contributed by atoms with van der Waals surface area (Å²) in [5.74, 6) is -0.333. The normalized spacial score (nSPS) is 15.0. The van der Waals surface area contributed by atoms with E-state index in [1.165, 1.54) is 49.2 Å². The van der Waals surface area contributed by atoms with Gasteiger partial charge in [0.2, 0.25) is 10.0 Å². The number of anilines is 1. The van der Waals surface area contributed by atoms with Gasteiger partial charge in [-0.3, -0.25) is 10.1 Å². The van der Waals surface area contributed by atoms with Gasteiger partial charge in [-0.15, -0.1) is 11.3 Å². The van der Waals surface area contributed by atoms with E-state index in [1.54, 1.807) is 13.0 Å². The third kappa shape index (κ3) is 4.29. The van der Waals surface area contributed by atoms with Gasteiger partial charge < -0.3 is 0 Å². The van der Waals surface area contributed by atoms with Gasteiger partial charge in [-0.25, -0.2) is 17.7 Å². The number of nitrogens with zero attached hydrogens (tertiary/aromatic N) is 2. The smallest absolute Gasteiger partial charge is 0.257 e. The standard InChI is InChI=1S/C20H27N3O3S2/c1-13-11-15(12-18(14(13)2)28(25,26)23(3)4)19(24)22-20-21-16-9-7-5-6-8-10-17(16)27-20/h11-12H,5-10H2,1-4H3,(H,21,22,24). The van der Waals surface area contributed by atoms with Gasteiger partial charge in [-0.2, -0.15) is 0 Å². The summed E-state index contributed by atoms with van der Waals surface area (Å²) in [5, 5.41) is 3.46. The van der Waals surface area contributed by atoms with Crippen LogP contribution in [0.4, 0.5) is 5.13 Å². The molecule has 1 aromatic heterocycles. The quantitative estimate of drug-likeness (QED) is 0.811. The van der Waals surface area contributed by atoms with Gasteiger partial charge in [0, 0.05) is 24.5 Å². The van der Waals surface area contributed by atoms with Gasteiger partial charge in [-0.1, -0.05) is 12.8 Å². The van der Waals surface area contributed by atoms with Crippen molar-refractivity contribution in [3.05, 3.63) is 39.4 Å². The number of thiazole rings is 1. The number of aromatic nitrogens is 1. The number of carbonyl (C=O) groups is 1. The molecule has 0 fully saturated rings. The minimum Gasteiger partial charge on any atom is -0.298 e. The second-order valence-corrected chi connectivity index (χ2v) is 10.7. The number of benzene rings is 1. The third-order valence-corrected chi connectivity index (χ3v) is 8.22. The van der Waals surface area contributed by atoms with E-state index in [2.05, 4.69) is 10.3 Å². The zero-order valence-electron chi connectivity index (χ0n) is 16.8. The molecule has 1 aromatic carbocycles. The van der Waals surface area contributed by atoms with Crippen LogP contribution in [0.2, 0.25) is 0 Å². The van der Waals surface area contributed by atoms with E-state index in [4.69, 9.17) is 0 Å². The van der Waals surface area contributed by atoms with Gasteiger partial charge in [0.25, 0.3) is 5.91 Å². The first-order valence-electron chi connectivity index (χ1n) is 9.54. The molecule has 1 aliphatic carbocycles. The van der Waals surface area contributed by atoms with Gasteiger partial charge in [0.05, 0.1) is 10.6 Å². The lowest BCUT2D eigenvalue weighted by atomic mass is 10.0. The van der Waals surface area contributed by atoms with E-state index in [9.17, 15) is 13.2 Å². The topological polar surface area (TPSA) is 79.4 Å². The monoisotopic (exact) mass is 421 g/mol. The highest BCUT2D eigenvalue weighted by molar-refractivity contribution is 7.89. The highest BCUT2D eigenvalue weighted by atomic mass is 32.2. The lowest BCUT2D eigenvalue weighted by Crippen LogP contribution is -2.24. The van der Waals surface area contributed by atoms with Crippen molar-refractivity contribution in [2.24, 2.45) is 0 Å². The van der Waals surface area contributed by atoms with Crippen LogP contribution in [0.15, 0.2) is 17.0 Å². The molecule has 0 bridgehead atoms. The van der Waals surface area contributed by atoms with Crippen molar-refractivity contribution < 1.29 is 13.2 Å². The lowest BCUT2D eigenvalue weighted by Gasteiger charge is -2.16. The van der Waals surface area contributed by atoms with Crippen LogP contribution >= 0.6 is 11.3 Å². The van der Waals surface area contributed by atoms with Gasteiger partial charge >= 0.3 is 0 Å². The van der Waals surface area contributed by atoms with Crippen molar-refractivity contribution in [2.45, 2.75) is 57.3 Å². The van der Waals surface area contributed by atoms with E-state index in [-0.39, 0.29) is 10.8 Å². The highest BCUT2D eigenvalue weighted by Crippen LogP contribution is 2.29. The summed E-state index contributed by atoms with van der Waals surface area (Å²) in [6, 6.07) is 3.18. The molecule has 28 heavy (non-hydrogen) atoms. The summed E-state index contributed by atoms with van der Waals surface area (Å²) in [7, 11) is -0.653. The van der Waals surface area contributed by atoms with E-state index < -0.39 is 10.0 Å². The van der Waals surface area contributed by atoms with Crippen molar-refractivity contribution in [1.82, 2.24) is 9.29 Å². The first kappa shape index (κ1) is 21.0. The fraction of sp³-hybridized carbons (Fsp3) is 0.500. The molecule has 152 valence electrons. The number of hydrogen-bond donors (Lipinski definition) is 1. The van der Waals surface area contributed by atoms with E-state index in [0.717, 1.165) is 41.2 Å². The summed E-state index contributed by atoms with van der Waals surface area (Å²) >= 11 is 1.53. The van der Waals surface area contributed by atoms with E-state index in [0.29, 0.717) is 16.3 Å². The molecule has 0 radical (unpaired) electrons. The Bertz CT molecular complexity index is 969. The molecular weight excluding hydrogens is 394 g/mol. The number of hydrogen-bond acceptors (Lipinski definition) is 5. The van der Waals surface area contributed by atoms with Crippen molar-refractivity contribution in [1.29, 1.82) is 0 Å². The third-order valence-electron chi connectivity index (χ3n) is 5.21. The van der Waals surface area contributed by atoms with Gasteiger partial charge in [0.1, 0.15) is 0 Å². The summed E-state index contributed by atoms with van der Waals surface area (Å²) in [6.45, 7) is 3.57. The number of sulfonamides is 1. The summed E-state index contributed by atoms with van der Waals surface area (Å²) in [4.78, 5) is 18.9. The highest BCUT2D eigenvalue weighted by Gasteiger charge is 2.23. The number of rotatable bonds is 4. The number of amides is 1. The SMILES string of the molecule is Cc1cc(C(=O)Nc2nc3c(s2)CCCCCC3)cc(S(=O)(=O)N(C)C)c1C. The van der Waals surface area contributed by atoms with E-state index >= 15 is 0 Å². The fourth-order valence-corrected chi connectivity index (χ4v) is 5.61. The molecule has 1 N–H and O–H groups in total. The molecule has 0 saturated carbocycles. The Morgan fingerprint density at radius 3 is 2.46 bits per heavy atom. The van der Waals surface area contributed by atoms with Crippen molar-refractivity contribution in [2.75, 3.05) is 19.4 Å². The molecule has 0 saturated heterocycles. The summed E-state index contributed by atoms with van der Waals surface area (Å²) in [6.07, 6.45) is 6.72. The Hall–Kier alpha value is -1.77. The molecule has 8 heteroatoms. The fourth-order valence-electron chi connectivity index (χ4n) is 3.35. The van der Waals surface area contributed by atoms with Crippen molar-refractivity contribution >= 4 is 32.4 Å². The zero-order valence-corrected chi connectivity index (χ0v) is 18.5. The predicted molar refractivity (Wildman–Crippen MR) is 113 cm³/mol. The van der Waals surface area contributed by atoms with Crippen LogP contribution in [-0.4, -0.2) is 37.7 Å². The lowest BCUT2D eigenvalue weighted by molar-refractivity contribution is 0.102. The van der Waals surface area contributed by atoms with Crippen LogP contribution in [0.1, 0.15) is 57.7 Å². The Labute approximate surface area is 171 Å². The van der Waals surface area contributed by atoms with Crippen LogP contribution in [0, 0.1) is 13.8 Å². The van der Waals surface area contributed by atoms with Crippen LogP contribution in [0.3, 0.4) is 0 Å². The minimum atomic E-state index is -3.63. The predicted octanol–water partition coefficient (Wildman–Crippen LogP) is 3.92. The van der Waals surface area contributed by atoms with Crippen molar-refractivity contribution in [3.63, 3.8) is 0 Å². The van der Waals surface area contributed by atoms with Crippen LogP contribution in [0.25, 0.3) is 0 Å². The molecule has 3 rings (SSSR count). The molecule has 2 aromatic rings. The minimum absolute atomic E-state index is 0.161. The van der Waals surface area contributed by atoms with Crippen LogP contribution in [0.5, 0.6) is 0 Å². The Kier molecular flexibility index (Phi) is 6.21. The molecule has 0 spiro atoms. The van der Waals surface area contributed by atoms with E-state index in [1.807, 2.05) is 6.92 Å². The molecule has 6 nitrogen and oxygen atoms in total. The largest absolute Gasteiger partial charge is 0.298 e. The molecular formula is C20H27N3O3S2. The molecule has 0 atom stereocenters. The Morgan fingerprint density at radius 2 is 1.79 bits per heavy atom. The molecule has 1 amide bonds. The maximum Gasteiger partial charge on any atom is 0.257 e. The number of nitrogens with one attached hydrogen (secondary N) is 1. The summed E-state index contributed by atoms with van der Waals surface area (Å²) in [5.41, 5.74) is 2.84. The number of carbonyl (C=O) groups excluding carboxylic acids is 1. The number of fused-ring (bicyclic) bond motifs is 1. The first-order chi connectivity index (χ1) is 13.2. The first-order valence-corrected chi connectivity index (χ1v) is 11.8. The molecule has 1 aliphatic rings.